The summed E-state index contributed by atoms with van der Waals surface area (Å²) in [4.78, 5) is 33.4. The third-order valence-corrected chi connectivity index (χ3v) is 8.74. The van der Waals surface area contributed by atoms with Crippen molar-refractivity contribution in [3.8, 4) is 11.8 Å². The van der Waals surface area contributed by atoms with Gasteiger partial charge >= 0.3 is 0 Å². The summed E-state index contributed by atoms with van der Waals surface area (Å²) < 4.78 is 7.97. The number of piperidine rings is 1. The number of nitriles is 1. The van der Waals surface area contributed by atoms with Crippen LogP contribution in [0, 0.1) is 22.7 Å². The summed E-state index contributed by atoms with van der Waals surface area (Å²) in [5.41, 5.74) is 3.66. The minimum absolute atomic E-state index is 0.0869. The molecule has 1 atom stereocenters. The number of hydrogen-bond acceptors (Lipinski definition) is 5. The number of hydrogen-bond donors (Lipinski definition) is 0. The first-order valence-electron chi connectivity index (χ1n) is 13.8. The molecule has 7 nitrogen and oxygen atoms in total. The minimum atomic E-state index is -0.262. The molecule has 1 aliphatic heterocycles. The van der Waals surface area contributed by atoms with Crippen molar-refractivity contribution in [3.05, 3.63) is 58.9 Å². The first kappa shape index (κ1) is 26.9. The number of amides is 1. The van der Waals surface area contributed by atoms with Crippen molar-refractivity contribution in [2.45, 2.75) is 71.3 Å². The van der Waals surface area contributed by atoms with Crippen molar-refractivity contribution < 1.29 is 14.3 Å². The van der Waals surface area contributed by atoms with Gasteiger partial charge in [-0.15, -0.1) is 0 Å². The van der Waals surface area contributed by atoms with Gasteiger partial charge in [0.1, 0.15) is 11.4 Å². The molecule has 5 rings (SSSR count). The second-order valence-corrected chi connectivity index (χ2v) is 12.8. The summed E-state index contributed by atoms with van der Waals surface area (Å²) in [6.45, 7) is 9.57. The van der Waals surface area contributed by atoms with Gasteiger partial charge in [0.15, 0.2) is 5.78 Å². The lowest BCUT2D eigenvalue weighted by Crippen LogP contribution is -2.56. The van der Waals surface area contributed by atoms with Crippen molar-refractivity contribution in [1.29, 1.82) is 5.26 Å². The van der Waals surface area contributed by atoms with Gasteiger partial charge < -0.3 is 14.2 Å². The normalized spacial score (nSPS) is 20.3. The SMILES string of the molecule is COc1c(CC(=O)c2cccc(C#N)c2)cnc2c1c([C@@H]1CCN(C(=O)C3CC(C)(C)C3)C(C)(C)C1)cn2C. The highest BCUT2D eigenvalue weighted by Gasteiger charge is 2.46. The molecule has 1 saturated carbocycles. The molecule has 0 spiro atoms. The summed E-state index contributed by atoms with van der Waals surface area (Å²) >= 11 is 0. The molecule has 1 aliphatic carbocycles. The van der Waals surface area contributed by atoms with Crippen LogP contribution in [0.1, 0.15) is 86.3 Å². The fourth-order valence-electron chi connectivity index (χ4n) is 6.84. The molecule has 39 heavy (non-hydrogen) atoms. The maximum atomic E-state index is 13.4. The Morgan fingerprint density at radius 3 is 2.56 bits per heavy atom. The van der Waals surface area contributed by atoms with Crippen LogP contribution in [-0.4, -0.2) is 45.3 Å². The fraction of sp³-hybridized carbons (Fsp3) is 0.500. The monoisotopic (exact) mass is 526 g/mol. The molecule has 1 saturated heterocycles. The van der Waals surface area contributed by atoms with E-state index in [0.717, 1.165) is 54.4 Å². The summed E-state index contributed by atoms with van der Waals surface area (Å²) in [5.74, 6) is 1.27. The fourth-order valence-corrected chi connectivity index (χ4v) is 6.84. The molecule has 1 amide bonds. The lowest BCUT2D eigenvalue weighted by Gasteiger charge is -2.50. The van der Waals surface area contributed by atoms with Gasteiger partial charge in [-0.25, -0.2) is 4.98 Å². The molecule has 2 aromatic heterocycles. The van der Waals surface area contributed by atoms with Gasteiger partial charge in [0.05, 0.1) is 24.1 Å². The van der Waals surface area contributed by atoms with Gasteiger partial charge in [-0.2, -0.15) is 5.26 Å². The Labute approximate surface area is 230 Å². The number of benzene rings is 1. The van der Waals surface area contributed by atoms with Crippen LogP contribution in [0.5, 0.6) is 5.75 Å². The number of aromatic nitrogens is 2. The molecule has 0 N–H and O–H groups in total. The number of pyridine rings is 1. The highest BCUT2D eigenvalue weighted by atomic mass is 16.5. The summed E-state index contributed by atoms with van der Waals surface area (Å²) in [5, 5.41) is 10.2. The zero-order valence-corrected chi connectivity index (χ0v) is 23.9. The second kappa shape index (κ2) is 9.82. The van der Waals surface area contributed by atoms with Crippen molar-refractivity contribution in [3.63, 3.8) is 0 Å². The number of carbonyl (C=O) groups excluding carboxylic acids is 2. The maximum Gasteiger partial charge on any atom is 0.226 e. The van der Waals surface area contributed by atoms with E-state index < -0.39 is 0 Å². The molecule has 7 heteroatoms. The number of Topliss-reactive ketones (excluding diaryl/α,β-unsaturated/α-hetero) is 1. The Morgan fingerprint density at radius 2 is 1.92 bits per heavy atom. The molecular weight excluding hydrogens is 488 g/mol. The van der Waals surface area contributed by atoms with Crippen molar-refractivity contribution >= 4 is 22.7 Å². The van der Waals surface area contributed by atoms with Gasteiger partial charge in [0, 0.05) is 55.0 Å². The Bertz CT molecular complexity index is 1490. The number of fused-ring (bicyclic) bond motifs is 1. The Balaban J connectivity index is 1.43. The van der Waals surface area contributed by atoms with Gasteiger partial charge in [0.2, 0.25) is 5.91 Å². The van der Waals surface area contributed by atoms with E-state index in [9.17, 15) is 14.9 Å². The van der Waals surface area contributed by atoms with E-state index >= 15 is 0 Å². The molecule has 2 aliphatic rings. The maximum absolute atomic E-state index is 13.4. The number of carbonyl (C=O) groups is 2. The molecule has 3 aromatic rings. The first-order chi connectivity index (χ1) is 18.4. The molecule has 0 bridgehead atoms. The van der Waals surface area contributed by atoms with Gasteiger partial charge in [-0.1, -0.05) is 26.0 Å². The van der Waals surface area contributed by atoms with Gasteiger partial charge in [-0.3, -0.25) is 9.59 Å². The van der Waals surface area contributed by atoms with E-state index in [4.69, 9.17) is 9.72 Å². The Morgan fingerprint density at radius 1 is 1.18 bits per heavy atom. The van der Waals surface area contributed by atoms with Crippen LogP contribution in [0.15, 0.2) is 36.7 Å². The number of ether oxygens (including phenoxy) is 1. The van der Waals surface area contributed by atoms with E-state index in [-0.39, 0.29) is 35.0 Å². The van der Waals surface area contributed by atoms with Crippen LogP contribution in [0.3, 0.4) is 0 Å². The largest absolute Gasteiger partial charge is 0.496 e. The van der Waals surface area contributed by atoms with Crippen LogP contribution in [0.2, 0.25) is 0 Å². The molecule has 0 unspecified atom stereocenters. The lowest BCUT2D eigenvalue weighted by atomic mass is 9.63. The van der Waals surface area contributed by atoms with Crippen LogP contribution in [0.25, 0.3) is 11.0 Å². The molecule has 3 heterocycles. The summed E-state index contributed by atoms with van der Waals surface area (Å²) in [6.07, 6.45) is 7.65. The first-order valence-corrected chi connectivity index (χ1v) is 13.8. The average molecular weight is 527 g/mol. The summed E-state index contributed by atoms with van der Waals surface area (Å²) in [7, 11) is 3.62. The Hall–Kier alpha value is -3.66. The second-order valence-electron chi connectivity index (χ2n) is 12.8. The third kappa shape index (κ3) is 4.93. The zero-order chi connectivity index (χ0) is 28.1. The standard InChI is InChI=1S/C32H38N4O3/c1-31(2)14-24(15-31)30(38)36-11-10-22(16-32(36,3)4)25-19-35(5)29-27(25)28(39-6)23(18-34-29)13-26(37)21-9-7-8-20(12-21)17-33/h7-9,12,18-19,22,24H,10-11,13-16H2,1-6H3/t22-/m1/s1. The number of methoxy groups -OCH3 is 1. The van der Waals surface area contributed by atoms with Crippen LogP contribution >= 0.6 is 0 Å². The van der Waals surface area contributed by atoms with E-state index in [0.29, 0.717) is 22.8 Å². The van der Waals surface area contributed by atoms with Gasteiger partial charge in [-0.05, 0) is 68.6 Å². The van der Waals surface area contributed by atoms with Crippen LogP contribution in [-0.2, 0) is 18.3 Å². The van der Waals surface area contributed by atoms with Crippen molar-refractivity contribution in [1.82, 2.24) is 14.5 Å². The van der Waals surface area contributed by atoms with E-state index in [1.165, 1.54) is 0 Å². The average Bonchev–Trinajstić information content (AvgIpc) is 3.22. The smallest absolute Gasteiger partial charge is 0.226 e. The molecule has 2 fully saturated rings. The van der Waals surface area contributed by atoms with Gasteiger partial charge in [0.25, 0.3) is 0 Å². The van der Waals surface area contributed by atoms with Crippen LogP contribution < -0.4 is 4.74 Å². The van der Waals surface area contributed by atoms with E-state index in [1.54, 1.807) is 37.6 Å². The molecule has 1 aromatic carbocycles. The number of ketones is 1. The van der Waals surface area contributed by atoms with E-state index in [2.05, 4.69) is 44.9 Å². The zero-order valence-electron chi connectivity index (χ0n) is 23.9. The highest BCUT2D eigenvalue weighted by Crippen LogP contribution is 2.48. The summed E-state index contributed by atoms with van der Waals surface area (Å²) in [6, 6.07) is 8.87. The predicted octanol–water partition coefficient (Wildman–Crippen LogP) is 5.80. The van der Waals surface area contributed by atoms with Crippen molar-refractivity contribution in [2.24, 2.45) is 18.4 Å². The molecule has 204 valence electrons. The number of likely N-dealkylation sites (tertiary alicyclic amines) is 1. The lowest BCUT2D eigenvalue weighted by molar-refractivity contribution is -0.150. The highest BCUT2D eigenvalue weighted by molar-refractivity contribution is 5.99. The number of aryl methyl sites for hydroxylation is 1. The Kier molecular flexibility index (Phi) is 6.78. The van der Waals surface area contributed by atoms with Crippen molar-refractivity contribution in [2.75, 3.05) is 13.7 Å². The number of rotatable bonds is 6. The van der Waals surface area contributed by atoms with Crippen LogP contribution in [0.4, 0.5) is 0 Å². The number of nitrogens with zero attached hydrogens (tertiary/aromatic N) is 4. The predicted molar refractivity (Wildman–Crippen MR) is 151 cm³/mol. The topological polar surface area (TPSA) is 88.2 Å². The minimum Gasteiger partial charge on any atom is -0.496 e. The molecular formula is C32H38N4O3. The van der Waals surface area contributed by atoms with E-state index in [1.807, 2.05) is 11.6 Å². The molecule has 0 radical (unpaired) electrons. The third-order valence-electron chi connectivity index (χ3n) is 8.74. The quantitative estimate of drug-likeness (QED) is 0.379.